The molecule has 0 aromatic rings. The summed E-state index contributed by atoms with van der Waals surface area (Å²) in [7, 11) is 0. The molecule has 0 bridgehead atoms. The third-order valence-corrected chi connectivity index (χ3v) is 3.73. The molecule has 0 saturated heterocycles. The zero-order chi connectivity index (χ0) is 16.9. The molecule has 5 nitrogen and oxygen atoms in total. The molecule has 0 aliphatic heterocycles. The van der Waals surface area contributed by atoms with Crippen LogP contribution in [0.25, 0.3) is 0 Å². The number of hydrogen-bond donors (Lipinski definition) is 0. The monoisotopic (exact) mass is 306 g/mol. The Bertz CT molecular complexity index is 564. The average Bonchev–Trinajstić information content (AvgIpc) is 2.43. The van der Waals surface area contributed by atoms with Crippen molar-refractivity contribution in [3.8, 4) is 0 Å². The van der Waals surface area contributed by atoms with E-state index in [1.165, 1.54) is 6.92 Å². The van der Waals surface area contributed by atoms with Crippen LogP contribution < -0.4 is 0 Å². The molecule has 0 aromatic carbocycles. The summed E-state index contributed by atoms with van der Waals surface area (Å²) < 4.78 is 10.4. The number of carbonyl (C=O) groups is 3. The Hall–Kier alpha value is -2.17. The van der Waals surface area contributed by atoms with E-state index in [0.717, 1.165) is 11.9 Å². The number of hydrogen-bond acceptors (Lipinski definition) is 5. The molecule has 1 aliphatic rings. The molecular weight excluding hydrogens is 284 g/mol. The van der Waals surface area contributed by atoms with E-state index in [1.54, 1.807) is 25.2 Å². The van der Waals surface area contributed by atoms with Gasteiger partial charge in [-0.15, -0.1) is 0 Å². The molecule has 1 unspecified atom stereocenters. The summed E-state index contributed by atoms with van der Waals surface area (Å²) in [5.41, 5.74) is 1.07. The molecule has 22 heavy (non-hydrogen) atoms. The summed E-state index contributed by atoms with van der Waals surface area (Å²) in [5.74, 6) is -1.02. The summed E-state index contributed by atoms with van der Waals surface area (Å²) in [5, 5.41) is 0. The van der Waals surface area contributed by atoms with Crippen LogP contribution in [-0.2, 0) is 23.9 Å². The molecule has 0 fully saturated rings. The van der Waals surface area contributed by atoms with Gasteiger partial charge in [0.15, 0.2) is 0 Å². The zero-order valence-electron chi connectivity index (χ0n) is 13.6. The standard InChI is InChI=1S/C17H22O5/c1-6-13(10-21-12(3)19)16(20)22-15-11(2)7-8-14(9-18)17(15,4)5/h6-9,15H,10H2,1-5H3. The van der Waals surface area contributed by atoms with Gasteiger partial charge in [-0.2, -0.15) is 0 Å². The lowest BCUT2D eigenvalue weighted by Gasteiger charge is -2.37. The van der Waals surface area contributed by atoms with Gasteiger partial charge in [0.05, 0.1) is 5.57 Å². The van der Waals surface area contributed by atoms with Gasteiger partial charge in [-0.1, -0.05) is 32.1 Å². The second-order valence-electron chi connectivity index (χ2n) is 5.75. The third kappa shape index (κ3) is 3.93. The SMILES string of the molecule is CC=C(COC(C)=O)C(=O)OC1C(C)=CC=C(C=O)C1(C)C. The van der Waals surface area contributed by atoms with Crippen LogP contribution in [0.1, 0.15) is 34.6 Å². The smallest absolute Gasteiger partial charge is 0.337 e. The van der Waals surface area contributed by atoms with Gasteiger partial charge in [0, 0.05) is 17.9 Å². The predicted molar refractivity (Wildman–Crippen MR) is 82.0 cm³/mol. The Labute approximate surface area is 130 Å². The van der Waals surface area contributed by atoms with E-state index in [1.807, 2.05) is 20.8 Å². The molecule has 0 saturated carbocycles. The van der Waals surface area contributed by atoms with Crippen molar-refractivity contribution >= 4 is 18.2 Å². The summed E-state index contributed by atoms with van der Waals surface area (Å²) in [6, 6.07) is 0. The fraction of sp³-hybridized carbons (Fsp3) is 0.471. The minimum atomic E-state index is -0.615. The van der Waals surface area contributed by atoms with Gasteiger partial charge in [-0.05, 0) is 19.4 Å². The highest BCUT2D eigenvalue weighted by molar-refractivity contribution is 5.89. The van der Waals surface area contributed by atoms with E-state index in [0.29, 0.717) is 5.57 Å². The molecule has 0 spiro atoms. The number of carbonyl (C=O) groups excluding carboxylic acids is 3. The molecule has 0 heterocycles. The van der Waals surface area contributed by atoms with Gasteiger partial charge in [0.25, 0.3) is 0 Å². The molecule has 5 heteroatoms. The molecule has 120 valence electrons. The Kier molecular flexibility index (Phi) is 5.85. The minimum absolute atomic E-state index is 0.128. The van der Waals surface area contributed by atoms with Crippen molar-refractivity contribution < 1.29 is 23.9 Å². The maximum absolute atomic E-state index is 12.3. The van der Waals surface area contributed by atoms with Crippen LogP contribution in [-0.4, -0.2) is 30.9 Å². The fourth-order valence-corrected chi connectivity index (χ4v) is 2.30. The highest BCUT2D eigenvalue weighted by Crippen LogP contribution is 2.38. The largest absolute Gasteiger partial charge is 0.461 e. The lowest BCUT2D eigenvalue weighted by Crippen LogP contribution is -2.39. The van der Waals surface area contributed by atoms with Crippen molar-refractivity contribution in [2.45, 2.75) is 40.7 Å². The van der Waals surface area contributed by atoms with Crippen LogP contribution >= 0.6 is 0 Å². The first-order valence-electron chi connectivity index (χ1n) is 7.07. The Morgan fingerprint density at radius 2 is 1.95 bits per heavy atom. The number of allylic oxidation sites excluding steroid dienone is 3. The van der Waals surface area contributed by atoms with Crippen molar-refractivity contribution in [3.05, 3.63) is 34.9 Å². The molecule has 0 amide bonds. The molecule has 1 atom stereocenters. The van der Waals surface area contributed by atoms with E-state index in [-0.39, 0.29) is 12.2 Å². The summed E-state index contributed by atoms with van der Waals surface area (Å²) >= 11 is 0. The van der Waals surface area contributed by atoms with Crippen molar-refractivity contribution in [3.63, 3.8) is 0 Å². The molecule has 1 rings (SSSR count). The molecule has 0 N–H and O–H groups in total. The first-order valence-corrected chi connectivity index (χ1v) is 7.07. The highest BCUT2D eigenvalue weighted by atomic mass is 16.6. The molecular formula is C17H22O5. The van der Waals surface area contributed by atoms with Crippen molar-refractivity contribution in [1.29, 1.82) is 0 Å². The summed E-state index contributed by atoms with van der Waals surface area (Å²) in [6.07, 6.45) is 5.30. The minimum Gasteiger partial charge on any atom is -0.461 e. The van der Waals surface area contributed by atoms with Gasteiger partial charge >= 0.3 is 11.9 Å². The Balaban J connectivity index is 2.91. The fourth-order valence-electron chi connectivity index (χ4n) is 2.30. The number of ether oxygens (including phenoxy) is 2. The third-order valence-electron chi connectivity index (χ3n) is 3.73. The maximum atomic E-state index is 12.3. The summed E-state index contributed by atoms with van der Waals surface area (Å²) in [4.78, 5) is 34.3. The van der Waals surface area contributed by atoms with Crippen LogP contribution in [0.15, 0.2) is 34.9 Å². The maximum Gasteiger partial charge on any atom is 0.337 e. The lowest BCUT2D eigenvalue weighted by atomic mass is 9.73. The molecule has 1 aliphatic carbocycles. The van der Waals surface area contributed by atoms with E-state index in [4.69, 9.17) is 9.47 Å². The van der Waals surface area contributed by atoms with E-state index in [2.05, 4.69) is 0 Å². The van der Waals surface area contributed by atoms with Gasteiger partial charge in [0.1, 0.15) is 19.0 Å². The predicted octanol–water partition coefficient (Wildman–Crippen LogP) is 2.52. The molecule has 0 radical (unpaired) electrons. The van der Waals surface area contributed by atoms with E-state index in [9.17, 15) is 14.4 Å². The molecule has 0 aromatic heterocycles. The highest BCUT2D eigenvalue weighted by Gasteiger charge is 2.39. The van der Waals surface area contributed by atoms with Gasteiger partial charge in [-0.25, -0.2) is 4.79 Å². The van der Waals surface area contributed by atoms with Gasteiger partial charge < -0.3 is 9.47 Å². The van der Waals surface area contributed by atoms with Crippen molar-refractivity contribution in [1.82, 2.24) is 0 Å². The Morgan fingerprint density at radius 3 is 2.45 bits per heavy atom. The van der Waals surface area contributed by atoms with Gasteiger partial charge in [-0.3, -0.25) is 9.59 Å². The van der Waals surface area contributed by atoms with Gasteiger partial charge in [0.2, 0.25) is 0 Å². The average molecular weight is 306 g/mol. The quantitative estimate of drug-likeness (QED) is 0.443. The number of esters is 2. The van der Waals surface area contributed by atoms with Crippen LogP contribution in [0.4, 0.5) is 0 Å². The van der Waals surface area contributed by atoms with E-state index >= 15 is 0 Å². The van der Waals surface area contributed by atoms with Crippen molar-refractivity contribution in [2.24, 2.45) is 5.41 Å². The van der Waals surface area contributed by atoms with E-state index < -0.39 is 23.5 Å². The van der Waals surface area contributed by atoms with Crippen LogP contribution in [0.3, 0.4) is 0 Å². The van der Waals surface area contributed by atoms with Crippen LogP contribution in [0.5, 0.6) is 0 Å². The first-order chi connectivity index (χ1) is 10.2. The Morgan fingerprint density at radius 1 is 1.32 bits per heavy atom. The zero-order valence-corrected chi connectivity index (χ0v) is 13.6. The summed E-state index contributed by atoms with van der Waals surface area (Å²) in [6.45, 7) is 8.37. The second kappa shape index (κ2) is 7.20. The van der Waals surface area contributed by atoms with Crippen molar-refractivity contribution in [2.75, 3.05) is 6.61 Å². The number of aldehydes is 1. The normalized spacial score (nSPS) is 20.6. The number of rotatable bonds is 5. The lowest BCUT2D eigenvalue weighted by molar-refractivity contribution is -0.149. The van der Waals surface area contributed by atoms with Crippen LogP contribution in [0, 0.1) is 5.41 Å². The second-order valence-corrected chi connectivity index (χ2v) is 5.75. The topological polar surface area (TPSA) is 69.7 Å². The first kappa shape index (κ1) is 17.9. The van der Waals surface area contributed by atoms with Crippen LogP contribution in [0.2, 0.25) is 0 Å².